The van der Waals surface area contributed by atoms with Crippen LogP contribution in [0.3, 0.4) is 0 Å². The van der Waals surface area contributed by atoms with Crippen LogP contribution < -0.4 is 0 Å². The summed E-state index contributed by atoms with van der Waals surface area (Å²) in [5.74, 6) is 0. The van der Waals surface area contributed by atoms with E-state index in [1.165, 1.54) is 55.2 Å². The van der Waals surface area contributed by atoms with Gasteiger partial charge in [-0.25, -0.2) is 0 Å². The molecule has 0 radical (unpaired) electrons. The maximum absolute atomic E-state index is 3.48. The lowest BCUT2D eigenvalue weighted by molar-refractivity contribution is 0.240. The minimum atomic E-state index is 1.12. The van der Waals surface area contributed by atoms with Crippen LogP contribution in [0.4, 0.5) is 0 Å². The fourth-order valence-corrected chi connectivity index (χ4v) is 2.58. The molecule has 0 spiro atoms. The predicted octanol–water partition coefficient (Wildman–Crippen LogP) is 4.22. The highest BCUT2D eigenvalue weighted by atomic mass is 79.9. The van der Waals surface area contributed by atoms with Gasteiger partial charge in [-0.15, -0.1) is 0 Å². The Bertz CT molecular complexity index is 299. The Morgan fingerprint density at radius 1 is 0.875 bits per heavy atom. The molecule has 0 aliphatic carbocycles. The van der Waals surface area contributed by atoms with Crippen molar-refractivity contribution in [2.75, 3.05) is 13.1 Å². The molecule has 0 bridgehead atoms. The Balaban J connectivity index is 1.89. The van der Waals surface area contributed by atoms with Gasteiger partial charge in [0.1, 0.15) is 0 Å². The number of rotatable bonds is 2. The molecule has 1 heterocycles. The predicted molar refractivity (Wildman–Crippen MR) is 72.5 cm³/mol. The molecule has 1 aromatic carbocycles. The van der Waals surface area contributed by atoms with E-state index in [0.717, 1.165) is 6.54 Å². The lowest BCUT2D eigenvalue weighted by Crippen LogP contribution is -2.26. The van der Waals surface area contributed by atoms with Crippen LogP contribution in [0.25, 0.3) is 0 Å². The van der Waals surface area contributed by atoms with Crippen LogP contribution >= 0.6 is 15.9 Å². The summed E-state index contributed by atoms with van der Waals surface area (Å²) in [7, 11) is 0. The van der Waals surface area contributed by atoms with Crippen LogP contribution in [0.15, 0.2) is 28.7 Å². The van der Waals surface area contributed by atoms with Crippen molar-refractivity contribution in [3.8, 4) is 0 Å². The van der Waals surface area contributed by atoms with Crippen LogP contribution in [0.1, 0.15) is 37.7 Å². The number of nitrogens with zero attached hydrogens (tertiary/aromatic N) is 1. The summed E-state index contributed by atoms with van der Waals surface area (Å²) in [6, 6.07) is 8.73. The highest BCUT2D eigenvalue weighted by Crippen LogP contribution is 2.15. The molecule has 0 N–H and O–H groups in total. The second-order valence-corrected chi connectivity index (χ2v) is 5.59. The number of hydrogen-bond donors (Lipinski definition) is 0. The monoisotopic (exact) mass is 281 g/mol. The van der Waals surface area contributed by atoms with E-state index >= 15 is 0 Å². The van der Waals surface area contributed by atoms with Crippen molar-refractivity contribution in [3.63, 3.8) is 0 Å². The SMILES string of the molecule is Brc1ccc(CN2CCCCCCC2)cc1. The first kappa shape index (κ1) is 12.1. The molecule has 0 saturated carbocycles. The minimum absolute atomic E-state index is 1.12. The Hall–Kier alpha value is -0.340. The van der Waals surface area contributed by atoms with Gasteiger partial charge < -0.3 is 0 Å². The van der Waals surface area contributed by atoms with E-state index in [2.05, 4.69) is 45.1 Å². The lowest BCUT2D eigenvalue weighted by atomic mass is 10.1. The summed E-state index contributed by atoms with van der Waals surface area (Å²) in [5, 5.41) is 0. The van der Waals surface area contributed by atoms with Crippen molar-refractivity contribution >= 4 is 15.9 Å². The largest absolute Gasteiger partial charge is 0.299 e. The van der Waals surface area contributed by atoms with E-state index in [-0.39, 0.29) is 0 Å². The molecule has 2 rings (SSSR count). The highest BCUT2D eigenvalue weighted by Gasteiger charge is 2.08. The number of likely N-dealkylation sites (tertiary alicyclic amines) is 1. The van der Waals surface area contributed by atoms with E-state index in [1.807, 2.05) is 0 Å². The van der Waals surface area contributed by atoms with Crippen LogP contribution in [0, 0.1) is 0 Å². The molecule has 1 nitrogen and oxygen atoms in total. The second kappa shape index (κ2) is 6.41. The smallest absolute Gasteiger partial charge is 0.0233 e. The van der Waals surface area contributed by atoms with E-state index in [0.29, 0.717) is 0 Å². The average Bonchev–Trinajstić information content (AvgIpc) is 2.25. The summed E-state index contributed by atoms with van der Waals surface area (Å²) in [5.41, 5.74) is 1.43. The quantitative estimate of drug-likeness (QED) is 0.785. The van der Waals surface area contributed by atoms with Crippen LogP contribution in [0.5, 0.6) is 0 Å². The third kappa shape index (κ3) is 3.91. The molecule has 0 unspecified atom stereocenters. The minimum Gasteiger partial charge on any atom is -0.299 e. The van der Waals surface area contributed by atoms with Gasteiger partial charge >= 0.3 is 0 Å². The van der Waals surface area contributed by atoms with Gasteiger partial charge in [0, 0.05) is 11.0 Å². The van der Waals surface area contributed by atoms with Crippen LogP contribution in [-0.2, 0) is 6.54 Å². The summed E-state index contributed by atoms with van der Waals surface area (Å²) >= 11 is 3.48. The van der Waals surface area contributed by atoms with Gasteiger partial charge in [0.15, 0.2) is 0 Å². The summed E-state index contributed by atoms with van der Waals surface area (Å²) < 4.78 is 1.17. The molecule has 88 valence electrons. The van der Waals surface area contributed by atoms with Gasteiger partial charge in [-0.1, -0.05) is 47.3 Å². The van der Waals surface area contributed by atoms with Crippen molar-refractivity contribution in [3.05, 3.63) is 34.3 Å². The Morgan fingerprint density at radius 2 is 1.44 bits per heavy atom. The Labute approximate surface area is 107 Å². The molecular formula is C14H20BrN. The first-order valence-electron chi connectivity index (χ1n) is 6.31. The molecular weight excluding hydrogens is 262 g/mol. The summed E-state index contributed by atoms with van der Waals surface area (Å²) in [6.07, 6.45) is 7.01. The summed E-state index contributed by atoms with van der Waals surface area (Å²) in [6.45, 7) is 3.67. The topological polar surface area (TPSA) is 3.24 Å². The van der Waals surface area contributed by atoms with E-state index in [4.69, 9.17) is 0 Å². The molecule has 0 aromatic heterocycles. The van der Waals surface area contributed by atoms with Gasteiger partial charge in [-0.05, 0) is 43.6 Å². The first-order chi connectivity index (χ1) is 7.84. The fraction of sp³-hybridized carbons (Fsp3) is 0.571. The van der Waals surface area contributed by atoms with Gasteiger partial charge in [0.2, 0.25) is 0 Å². The van der Waals surface area contributed by atoms with E-state index in [9.17, 15) is 0 Å². The van der Waals surface area contributed by atoms with Crippen molar-refractivity contribution in [1.82, 2.24) is 4.90 Å². The molecule has 0 amide bonds. The number of halogens is 1. The molecule has 1 saturated heterocycles. The zero-order valence-corrected chi connectivity index (χ0v) is 11.4. The van der Waals surface area contributed by atoms with Gasteiger partial charge in [0.25, 0.3) is 0 Å². The average molecular weight is 282 g/mol. The first-order valence-corrected chi connectivity index (χ1v) is 7.11. The van der Waals surface area contributed by atoms with Crippen LogP contribution in [-0.4, -0.2) is 18.0 Å². The molecule has 16 heavy (non-hydrogen) atoms. The molecule has 1 aliphatic heterocycles. The number of benzene rings is 1. The standard InChI is InChI=1S/C14H20BrN/c15-14-8-6-13(7-9-14)12-16-10-4-2-1-3-5-11-16/h6-9H,1-5,10-12H2. The zero-order chi connectivity index (χ0) is 11.2. The molecule has 2 heteroatoms. The third-order valence-electron chi connectivity index (χ3n) is 3.27. The molecule has 1 aliphatic rings. The summed E-state index contributed by atoms with van der Waals surface area (Å²) in [4.78, 5) is 2.60. The fourth-order valence-electron chi connectivity index (χ4n) is 2.32. The van der Waals surface area contributed by atoms with E-state index < -0.39 is 0 Å². The molecule has 1 aromatic rings. The molecule has 1 fully saturated rings. The molecule has 0 atom stereocenters. The Kier molecular flexibility index (Phi) is 4.86. The van der Waals surface area contributed by atoms with Crippen molar-refractivity contribution in [2.45, 2.75) is 38.6 Å². The normalized spacial score (nSPS) is 19.1. The lowest BCUT2D eigenvalue weighted by Gasteiger charge is -2.24. The maximum atomic E-state index is 3.48. The van der Waals surface area contributed by atoms with Crippen LogP contribution in [0.2, 0.25) is 0 Å². The second-order valence-electron chi connectivity index (χ2n) is 4.67. The van der Waals surface area contributed by atoms with Gasteiger partial charge in [-0.3, -0.25) is 4.90 Å². The number of hydrogen-bond acceptors (Lipinski definition) is 1. The van der Waals surface area contributed by atoms with Crippen molar-refractivity contribution in [1.29, 1.82) is 0 Å². The van der Waals surface area contributed by atoms with E-state index in [1.54, 1.807) is 0 Å². The van der Waals surface area contributed by atoms with Gasteiger partial charge in [-0.2, -0.15) is 0 Å². The maximum Gasteiger partial charge on any atom is 0.0233 e. The van der Waals surface area contributed by atoms with Gasteiger partial charge in [0.05, 0.1) is 0 Å². The zero-order valence-electron chi connectivity index (χ0n) is 9.79. The van der Waals surface area contributed by atoms with Crippen molar-refractivity contribution < 1.29 is 0 Å². The third-order valence-corrected chi connectivity index (χ3v) is 3.80. The Morgan fingerprint density at radius 3 is 2.06 bits per heavy atom. The highest BCUT2D eigenvalue weighted by molar-refractivity contribution is 9.10. The van der Waals surface area contributed by atoms with Crippen molar-refractivity contribution in [2.24, 2.45) is 0 Å².